The number of carbonyl (C=O) groups excluding carboxylic acids is 1. The fourth-order valence-corrected chi connectivity index (χ4v) is 3.53. The number of halogens is 5. The third-order valence-electron chi connectivity index (χ3n) is 4.52. The van der Waals surface area contributed by atoms with Crippen molar-refractivity contribution >= 4 is 29.1 Å². The summed E-state index contributed by atoms with van der Waals surface area (Å²) >= 11 is 12.0. The third kappa shape index (κ3) is 3.28. The van der Waals surface area contributed by atoms with Crippen LogP contribution in [-0.4, -0.2) is 34.8 Å². The first-order valence-corrected chi connectivity index (χ1v) is 8.83. The van der Waals surface area contributed by atoms with Gasteiger partial charge in [-0.05, 0) is 42.7 Å². The van der Waals surface area contributed by atoms with Crippen molar-refractivity contribution in [2.75, 3.05) is 13.1 Å². The zero-order valence-electron chi connectivity index (χ0n) is 13.4. The van der Waals surface area contributed by atoms with Gasteiger partial charge in [-0.3, -0.25) is 4.79 Å². The van der Waals surface area contributed by atoms with Crippen LogP contribution in [0.2, 0.25) is 10.2 Å². The number of alkyl halides is 2. The summed E-state index contributed by atoms with van der Waals surface area (Å²) in [5.74, 6) is -4.03. The average Bonchev–Trinajstić information content (AvgIpc) is 3.35. The van der Waals surface area contributed by atoms with Crippen LogP contribution in [0.1, 0.15) is 34.8 Å². The summed E-state index contributed by atoms with van der Waals surface area (Å²) in [6, 6.07) is 5.53. The first kappa shape index (κ1) is 17.6. The lowest BCUT2D eigenvalue weighted by Gasteiger charge is -2.39. The number of likely N-dealkylation sites (tertiary alicyclic amines) is 1. The molecule has 2 heterocycles. The number of pyridine rings is 1. The predicted molar refractivity (Wildman–Crippen MR) is 92.5 cm³/mol. The van der Waals surface area contributed by atoms with Crippen molar-refractivity contribution in [3.8, 4) is 11.1 Å². The summed E-state index contributed by atoms with van der Waals surface area (Å²) in [5.41, 5.74) is 1.06. The fraction of sp³-hybridized carbons (Fsp3) is 0.333. The van der Waals surface area contributed by atoms with Crippen LogP contribution in [0.15, 0.2) is 24.3 Å². The van der Waals surface area contributed by atoms with Gasteiger partial charge in [0.15, 0.2) is 0 Å². The molecule has 2 aromatic rings. The summed E-state index contributed by atoms with van der Waals surface area (Å²) in [6.07, 6.45) is 1.95. The van der Waals surface area contributed by atoms with Gasteiger partial charge < -0.3 is 4.90 Å². The second kappa shape index (κ2) is 6.13. The Hall–Kier alpha value is -1.79. The number of amides is 1. The van der Waals surface area contributed by atoms with Gasteiger partial charge in [0.25, 0.3) is 11.8 Å². The number of hydrogen-bond acceptors (Lipinski definition) is 2. The minimum absolute atomic E-state index is 0.000756. The quantitative estimate of drug-likeness (QED) is 0.666. The highest BCUT2D eigenvalue weighted by atomic mass is 35.5. The van der Waals surface area contributed by atoms with Crippen LogP contribution in [-0.2, 0) is 0 Å². The molecule has 1 saturated carbocycles. The van der Waals surface area contributed by atoms with Gasteiger partial charge in [0, 0.05) is 22.2 Å². The van der Waals surface area contributed by atoms with Gasteiger partial charge in [-0.15, -0.1) is 0 Å². The van der Waals surface area contributed by atoms with Crippen LogP contribution in [0.5, 0.6) is 0 Å². The van der Waals surface area contributed by atoms with E-state index in [-0.39, 0.29) is 27.2 Å². The number of benzene rings is 1. The van der Waals surface area contributed by atoms with Gasteiger partial charge in [-0.2, -0.15) is 0 Å². The maximum atomic E-state index is 14.7. The molecule has 0 N–H and O–H groups in total. The second-order valence-corrected chi connectivity index (χ2v) is 7.53. The first-order chi connectivity index (χ1) is 12.2. The highest BCUT2D eigenvalue weighted by Crippen LogP contribution is 2.42. The maximum Gasteiger partial charge on any atom is 0.282 e. The van der Waals surface area contributed by atoms with E-state index in [1.165, 1.54) is 12.1 Å². The van der Waals surface area contributed by atoms with Gasteiger partial charge in [-0.25, -0.2) is 18.2 Å². The van der Waals surface area contributed by atoms with E-state index in [1.54, 1.807) is 6.07 Å². The Morgan fingerprint density at radius 1 is 1.15 bits per heavy atom. The van der Waals surface area contributed by atoms with Gasteiger partial charge >= 0.3 is 0 Å². The number of aromatic nitrogens is 1. The normalized spacial score (nSPS) is 18.6. The Morgan fingerprint density at radius 3 is 2.46 bits per heavy atom. The number of rotatable bonds is 3. The molecule has 0 bridgehead atoms. The zero-order chi connectivity index (χ0) is 18.6. The van der Waals surface area contributed by atoms with Crippen LogP contribution in [0, 0.1) is 5.82 Å². The SMILES string of the molecule is O=C(c1cc(Cl)cc(F)c1-c1cc(Cl)nc(C2CC2)c1)N1CC(F)(F)C1. The minimum Gasteiger partial charge on any atom is -0.326 e. The molecule has 0 unspecified atom stereocenters. The van der Waals surface area contributed by atoms with Crippen LogP contribution in [0.25, 0.3) is 11.1 Å². The number of nitrogens with zero attached hydrogens (tertiary/aromatic N) is 2. The lowest BCUT2D eigenvalue weighted by molar-refractivity contribution is -0.113. The molecule has 1 saturated heterocycles. The molecule has 1 aliphatic heterocycles. The molecule has 0 atom stereocenters. The van der Waals surface area contributed by atoms with Gasteiger partial charge in [-0.1, -0.05) is 23.2 Å². The molecule has 8 heteroatoms. The molecule has 1 aromatic heterocycles. The van der Waals surface area contributed by atoms with E-state index in [0.29, 0.717) is 5.56 Å². The lowest BCUT2D eigenvalue weighted by atomic mass is 9.96. The molecule has 0 radical (unpaired) electrons. The summed E-state index contributed by atoms with van der Waals surface area (Å²) < 4.78 is 41.0. The van der Waals surface area contributed by atoms with Crippen LogP contribution >= 0.6 is 23.2 Å². The fourth-order valence-electron chi connectivity index (χ4n) is 3.11. The summed E-state index contributed by atoms with van der Waals surface area (Å²) in [6.45, 7) is -1.38. The summed E-state index contributed by atoms with van der Waals surface area (Å²) in [4.78, 5) is 17.9. The molecule has 2 aliphatic rings. The summed E-state index contributed by atoms with van der Waals surface area (Å²) in [7, 11) is 0. The molecule has 1 aliphatic carbocycles. The maximum absolute atomic E-state index is 14.7. The smallest absolute Gasteiger partial charge is 0.282 e. The van der Waals surface area contributed by atoms with Crippen molar-refractivity contribution in [3.63, 3.8) is 0 Å². The molecular weight excluding hydrogens is 388 g/mol. The first-order valence-electron chi connectivity index (χ1n) is 8.07. The van der Waals surface area contributed by atoms with Crippen molar-refractivity contribution < 1.29 is 18.0 Å². The Balaban J connectivity index is 1.80. The molecule has 26 heavy (non-hydrogen) atoms. The van der Waals surface area contributed by atoms with Crippen LogP contribution in [0.3, 0.4) is 0 Å². The number of carbonyl (C=O) groups is 1. The Bertz CT molecular complexity index is 908. The standard InChI is InChI=1S/C18H13Cl2F3N2O/c19-11-5-12(17(26)25-7-18(22,23)8-25)16(13(21)6-11)10-3-14(9-1-2-9)24-15(20)4-10/h3-6,9H,1-2,7-8H2. The average molecular weight is 401 g/mol. The highest BCUT2D eigenvalue weighted by Gasteiger charge is 2.47. The monoisotopic (exact) mass is 400 g/mol. The summed E-state index contributed by atoms with van der Waals surface area (Å²) in [5, 5.41) is 0.206. The largest absolute Gasteiger partial charge is 0.326 e. The van der Waals surface area contributed by atoms with E-state index in [2.05, 4.69) is 4.98 Å². The molecular formula is C18H13Cl2F3N2O. The zero-order valence-corrected chi connectivity index (χ0v) is 14.9. The van der Waals surface area contributed by atoms with Crippen molar-refractivity contribution in [1.29, 1.82) is 0 Å². The van der Waals surface area contributed by atoms with E-state index >= 15 is 0 Å². The molecule has 4 rings (SSSR count). The van der Waals surface area contributed by atoms with Crippen LogP contribution < -0.4 is 0 Å². The van der Waals surface area contributed by atoms with Crippen molar-refractivity contribution in [1.82, 2.24) is 9.88 Å². The molecule has 2 fully saturated rings. The molecule has 1 aromatic carbocycles. The Labute approximate surface area is 157 Å². The molecule has 136 valence electrons. The molecule has 1 amide bonds. The van der Waals surface area contributed by atoms with Gasteiger partial charge in [0.1, 0.15) is 11.0 Å². The van der Waals surface area contributed by atoms with E-state index in [1.807, 2.05) is 0 Å². The lowest BCUT2D eigenvalue weighted by Crippen LogP contribution is -2.58. The molecule has 3 nitrogen and oxygen atoms in total. The van der Waals surface area contributed by atoms with Crippen LogP contribution in [0.4, 0.5) is 13.2 Å². The van der Waals surface area contributed by atoms with E-state index in [9.17, 15) is 18.0 Å². The Morgan fingerprint density at radius 2 is 1.85 bits per heavy atom. The third-order valence-corrected chi connectivity index (χ3v) is 4.93. The van der Waals surface area contributed by atoms with Gasteiger partial charge in [0.05, 0.1) is 18.7 Å². The van der Waals surface area contributed by atoms with E-state index < -0.39 is 30.7 Å². The second-order valence-electron chi connectivity index (χ2n) is 6.71. The Kier molecular flexibility index (Phi) is 4.15. The van der Waals surface area contributed by atoms with E-state index in [4.69, 9.17) is 23.2 Å². The van der Waals surface area contributed by atoms with E-state index in [0.717, 1.165) is 29.5 Å². The predicted octanol–water partition coefficient (Wildman–Crippen LogP) is 5.16. The topological polar surface area (TPSA) is 33.2 Å². The highest BCUT2D eigenvalue weighted by molar-refractivity contribution is 6.31. The minimum atomic E-state index is -2.91. The van der Waals surface area contributed by atoms with Crippen molar-refractivity contribution in [2.24, 2.45) is 0 Å². The van der Waals surface area contributed by atoms with Gasteiger partial charge in [0.2, 0.25) is 0 Å². The van der Waals surface area contributed by atoms with Crippen molar-refractivity contribution in [2.45, 2.75) is 24.7 Å². The number of hydrogen-bond donors (Lipinski definition) is 0. The van der Waals surface area contributed by atoms with Crippen molar-refractivity contribution in [3.05, 3.63) is 51.5 Å². The molecule has 0 spiro atoms.